The van der Waals surface area contributed by atoms with Crippen LogP contribution >= 0.6 is 0 Å². The second kappa shape index (κ2) is 6.65. The third kappa shape index (κ3) is 3.81. The summed E-state index contributed by atoms with van der Waals surface area (Å²) in [4.78, 5) is 4.25. The Kier molecular flexibility index (Phi) is 4.27. The first kappa shape index (κ1) is 18.0. The van der Waals surface area contributed by atoms with E-state index in [1.54, 1.807) is 6.07 Å². The Morgan fingerprint density at radius 2 is 2.07 bits per heavy atom. The molecule has 1 aliphatic rings. The van der Waals surface area contributed by atoms with Gasteiger partial charge in [-0.1, -0.05) is 0 Å². The minimum atomic E-state index is -3.62. The van der Waals surface area contributed by atoms with Gasteiger partial charge in [0, 0.05) is 17.8 Å². The highest BCUT2D eigenvalue weighted by atomic mass is 32.2. The number of halogens is 1. The Balaban J connectivity index is 1.71. The van der Waals surface area contributed by atoms with E-state index in [2.05, 4.69) is 25.4 Å². The highest BCUT2D eigenvalue weighted by Crippen LogP contribution is 2.30. The second-order valence-electron chi connectivity index (χ2n) is 6.55. The van der Waals surface area contributed by atoms with E-state index < -0.39 is 15.8 Å². The zero-order valence-corrected chi connectivity index (χ0v) is 15.6. The van der Waals surface area contributed by atoms with E-state index >= 15 is 0 Å². The van der Waals surface area contributed by atoms with Crippen molar-refractivity contribution in [1.29, 1.82) is 5.26 Å². The van der Waals surface area contributed by atoms with Crippen LogP contribution in [0.1, 0.15) is 18.5 Å². The molecule has 3 N–H and O–H groups in total. The van der Waals surface area contributed by atoms with E-state index in [-0.39, 0.29) is 11.4 Å². The molecule has 4 rings (SSSR count). The van der Waals surface area contributed by atoms with Crippen molar-refractivity contribution in [3.05, 3.63) is 42.0 Å². The van der Waals surface area contributed by atoms with Crippen LogP contribution in [0.2, 0.25) is 0 Å². The van der Waals surface area contributed by atoms with E-state index in [4.69, 9.17) is 0 Å². The summed E-state index contributed by atoms with van der Waals surface area (Å²) in [6.07, 6.45) is 4.50. The van der Waals surface area contributed by atoms with Crippen molar-refractivity contribution in [2.75, 3.05) is 21.6 Å². The fourth-order valence-electron chi connectivity index (χ4n) is 2.69. The summed E-state index contributed by atoms with van der Waals surface area (Å²) in [6, 6.07) is 8.08. The molecular formula is C17H16FN7O2S. The van der Waals surface area contributed by atoms with Crippen LogP contribution in [0.15, 0.2) is 30.5 Å². The number of rotatable bonds is 6. The largest absolute Gasteiger partial charge is 0.379 e. The lowest BCUT2D eigenvalue weighted by atomic mass is 10.2. The lowest BCUT2D eigenvalue weighted by molar-refractivity contribution is 0.604. The molecule has 11 heteroatoms. The van der Waals surface area contributed by atoms with Crippen LogP contribution in [-0.2, 0) is 10.0 Å². The highest BCUT2D eigenvalue weighted by molar-refractivity contribution is 7.92. The van der Waals surface area contributed by atoms with Crippen LogP contribution < -0.4 is 15.4 Å². The van der Waals surface area contributed by atoms with Crippen molar-refractivity contribution in [3.8, 4) is 6.07 Å². The minimum absolute atomic E-state index is 0.176. The predicted octanol–water partition coefficient (Wildman–Crippen LogP) is 2.43. The summed E-state index contributed by atoms with van der Waals surface area (Å²) in [5, 5.41) is 20.0. The number of fused-ring (bicyclic) bond motifs is 1. The fourth-order valence-corrected chi connectivity index (χ4v) is 3.24. The van der Waals surface area contributed by atoms with Crippen molar-refractivity contribution >= 4 is 38.6 Å². The molecular weight excluding hydrogens is 385 g/mol. The van der Waals surface area contributed by atoms with E-state index in [0.717, 1.165) is 30.9 Å². The van der Waals surface area contributed by atoms with Crippen LogP contribution in [0.25, 0.3) is 5.65 Å². The number of nitrogens with zero attached hydrogens (tertiary/aromatic N) is 4. The maximum absolute atomic E-state index is 13.9. The standard InChI is InChI=1S/C17H16FN7O2S/c1-28(26,27)24-14-6-11(4-5-13(14)18)22-16-7-15(21-10-2-3-10)17-20-9-12(8-19)25(17)23-16/h4-7,9-10,21,24H,2-3H2,1H3,(H,22,23). The normalized spacial score (nSPS) is 13.9. The van der Waals surface area contributed by atoms with Gasteiger partial charge in [0.25, 0.3) is 0 Å². The minimum Gasteiger partial charge on any atom is -0.379 e. The van der Waals surface area contributed by atoms with E-state index in [0.29, 0.717) is 23.2 Å². The molecule has 9 nitrogen and oxygen atoms in total. The number of benzene rings is 1. The topological polar surface area (TPSA) is 124 Å². The molecule has 0 aliphatic heterocycles. The molecule has 1 saturated carbocycles. The van der Waals surface area contributed by atoms with Crippen LogP contribution in [0, 0.1) is 17.1 Å². The van der Waals surface area contributed by atoms with Crippen molar-refractivity contribution < 1.29 is 12.8 Å². The van der Waals surface area contributed by atoms with Gasteiger partial charge in [-0.15, -0.1) is 5.10 Å². The molecule has 0 radical (unpaired) electrons. The molecule has 1 aromatic carbocycles. The lowest BCUT2D eigenvalue weighted by Gasteiger charge is -2.12. The SMILES string of the molecule is CS(=O)(=O)Nc1cc(Nc2cc(NC3CC3)c3ncc(C#N)n3n2)ccc1F. The van der Waals surface area contributed by atoms with Gasteiger partial charge in [0.2, 0.25) is 10.0 Å². The van der Waals surface area contributed by atoms with E-state index in [1.807, 2.05) is 6.07 Å². The van der Waals surface area contributed by atoms with Gasteiger partial charge < -0.3 is 10.6 Å². The lowest BCUT2D eigenvalue weighted by Crippen LogP contribution is -2.11. The van der Waals surface area contributed by atoms with Crippen molar-refractivity contribution in [1.82, 2.24) is 14.6 Å². The third-order valence-electron chi connectivity index (χ3n) is 4.05. The summed E-state index contributed by atoms with van der Waals surface area (Å²) >= 11 is 0. The molecule has 0 bridgehead atoms. The van der Waals surface area contributed by atoms with E-state index in [1.165, 1.54) is 22.8 Å². The number of hydrogen-bond donors (Lipinski definition) is 3. The first-order valence-corrected chi connectivity index (χ1v) is 10.3. The summed E-state index contributed by atoms with van der Waals surface area (Å²) in [5.41, 5.74) is 1.78. The molecule has 0 spiro atoms. The Hall–Kier alpha value is -3.39. The molecule has 1 fully saturated rings. The summed E-state index contributed by atoms with van der Waals surface area (Å²) in [6.45, 7) is 0. The molecule has 28 heavy (non-hydrogen) atoms. The number of aromatic nitrogens is 3. The average molecular weight is 401 g/mol. The van der Waals surface area contributed by atoms with Crippen molar-refractivity contribution in [3.63, 3.8) is 0 Å². The van der Waals surface area contributed by atoms with Gasteiger partial charge in [-0.25, -0.2) is 17.8 Å². The van der Waals surface area contributed by atoms with Gasteiger partial charge in [-0.2, -0.15) is 9.78 Å². The van der Waals surface area contributed by atoms with Gasteiger partial charge >= 0.3 is 0 Å². The quantitative estimate of drug-likeness (QED) is 0.579. The zero-order chi connectivity index (χ0) is 19.9. The molecule has 144 valence electrons. The third-order valence-corrected chi connectivity index (χ3v) is 4.64. The number of nitriles is 1. The van der Waals surface area contributed by atoms with Crippen LogP contribution in [0.3, 0.4) is 0 Å². The first-order valence-electron chi connectivity index (χ1n) is 8.42. The fraction of sp³-hybridized carbons (Fsp3) is 0.235. The van der Waals surface area contributed by atoms with Gasteiger partial charge in [0.15, 0.2) is 17.2 Å². The Morgan fingerprint density at radius 3 is 2.75 bits per heavy atom. The van der Waals surface area contributed by atoms with Gasteiger partial charge in [-0.3, -0.25) is 4.72 Å². The molecule has 0 amide bonds. The second-order valence-corrected chi connectivity index (χ2v) is 8.29. The van der Waals surface area contributed by atoms with Gasteiger partial charge in [0.05, 0.1) is 23.8 Å². The van der Waals surface area contributed by atoms with Gasteiger partial charge in [-0.05, 0) is 31.0 Å². The molecule has 0 saturated heterocycles. The molecule has 3 aromatic rings. The summed E-state index contributed by atoms with van der Waals surface area (Å²) in [7, 11) is -3.62. The molecule has 2 aromatic heterocycles. The van der Waals surface area contributed by atoms with Crippen molar-refractivity contribution in [2.24, 2.45) is 0 Å². The Bertz CT molecular complexity index is 1210. The molecule has 0 unspecified atom stereocenters. The maximum Gasteiger partial charge on any atom is 0.229 e. The smallest absolute Gasteiger partial charge is 0.229 e. The maximum atomic E-state index is 13.9. The number of imidazole rings is 1. The number of hydrogen-bond acceptors (Lipinski definition) is 7. The summed E-state index contributed by atoms with van der Waals surface area (Å²) < 4.78 is 40.3. The van der Waals surface area contributed by atoms with Crippen LogP contribution in [-0.4, -0.2) is 35.3 Å². The molecule has 2 heterocycles. The Morgan fingerprint density at radius 1 is 1.29 bits per heavy atom. The predicted molar refractivity (Wildman–Crippen MR) is 102 cm³/mol. The zero-order valence-electron chi connectivity index (χ0n) is 14.8. The highest BCUT2D eigenvalue weighted by Gasteiger charge is 2.23. The molecule has 1 aliphatic carbocycles. The van der Waals surface area contributed by atoms with E-state index in [9.17, 15) is 18.1 Å². The monoisotopic (exact) mass is 401 g/mol. The Labute approximate surface area is 160 Å². The van der Waals surface area contributed by atoms with Crippen LogP contribution in [0.5, 0.6) is 0 Å². The number of sulfonamides is 1. The average Bonchev–Trinajstić information content (AvgIpc) is 3.33. The van der Waals surface area contributed by atoms with Crippen LogP contribution in [0.4, 0.5) is 27.3 Å². The number of nitrogens with one attached hydrogen (secondary N) is 3. The molecule has 0 atom stereocenters. The number of anilines is 4. The first-order chi connectivity index (χ1) is 13.3. The summed E-state index contributed by atoms with van der Waals surface area (Å²) in [5.74, 6) is -0.307. The van der Waals surface area contributed by atoms with Crippen molar-refractivity contribution in [2.45, 2.75) is 18.9 Å². The van der Waals surface area contributed by atoms with Gasteiger partial charge in [0.1, 0.15) is 11.9 Å².